The number of fused-ring (bicyclic) bond motifs is 1. The summed E-state index contributed by atoms with van der Waals surface area (Å²) < 4.78 is 23.9. The molecule has 0 fully saturated rings. The van der Waals surface area contributed by atoms with E-state index in [0.29, 0.717) is 11.9 Å². The van der Waals surface area contributed by atoms with Gasteiger partial charge < -0.3 is 0 Å². The minimum atomic E-state index is -3.75. The van der Waals surface area contributed by atoms with Gasteiger partial charge in [0, 0.05) is 6.54 Å². The minimum Gasteiger partial charge on any atom is -0.294 e. The molecular formula is C9H10N2O3S2. The molecule has 1 aromatic heterocycles. The normalized spacial score (nSPS) is 12.1. The zero-order valence-corrected chi connectivity index (χ0v) is 10.1. The van der Waals surface area contributed by atoms with Crippen LogP contribution in [0, 0.1) is 0 Å². The van der Waals surface area contributed by atoms with Crippen molar-refractivity contribution in [2.45, 2.75) is 18.4 Å². The summed E-state index contributed by atoms with van der Waals surface area (Å²) in [4.78, 5) is 11.6. The highest BCUT2D eigenvalue weighted by atomic mass is 32.2. The van der Waals surface area contributed by atoms with E-state index in [9.17, 15) is 13.2 Å². The first kappa shape index (κ1) is 11.3. The Bertz CT molecular complexity index is 697. The van der Waals surface area contributed by atoms with E-state index >= 15 is 0 Å². The Labute approximate surface area is 96.3 Å². The van der Waals surface area contributed by atoms with Gasteiger partial charge >= 0.3 is 0 Å². The van der Waals surface area contributed by atoms with Crippen molar-refractivity contribution in [3.8, 4) is 0 Å². The average molecular weight is 258 g/mol. The molecule has 0 aliphatic rings. The summed E-state index contributed by atoms with van der Waals surface area (Å²) in [5, 5.41) is 5.41. The van der Waals surface area contributed by atoms with Crippen LogP contribution in [-0.2, 0) is 16.6 Å². The van der Waals surface area contributed by atoms with Crippen LogP contribution in [0.5, 0.6) is 0 Å². The summed E-state index contributed by atoms with van der Waals surface area (Å²) in [7, 11) is -3.75. The molecule has 16 heavy (non-hydrogen) atoms. The van der Waals surface area contributed by atoms with Crippen molar-refractivity contribution in [2.24, 2.45) is 5.14 Å². The average Bonchev–Trinajstić information content (AvgIpc) is 2.54. The van der Waals surface area contributed by atoms with Crippen molar-refractivity contribution in [2.75, 3.05) is 0 Å². The Morgan fingerprint density at radius 2 is 2.12 bits per heavy atom. The molecule has 5 nitrogen and oxygen atoms in total. The van der Waals surface area contributed by atoms with E-state index in [4.69, 9.17) is 5.14 Å². The molecule has 0 amide bonds. The topological polar surface area (TPSA) is 82.2 Å². The molecule has 0 saturated carbocycles. The molecule has 0 radical (unpaired) electrons. The number of sulfonamides is 1. The maximum atomic E-state index is 11.6. The largest absolute Gasteiger partial charge is 0.294 e. The Balaban J connectivity index is 2.83. The number of aromatic nitrogens is 1. The van der Waals surface area contributed by atoms with E-state index in [-0.39, 0.29) is 9.64 Å². The lowest BCUT2D eigenvalue weighted by molar-refractivity contribution is 0.598. The van der Waals surface area contributed by atoms with Crippen molar-refractivity contribution in [1.82, 2.24) is 3.96 Å². The highest BCUT2D eigenvalue weighted by molar-refractivity contribution is 7.89. The van der Waals surface area contributed by atoms with Crippen LogP contribution in [-0.4, -0.2) is 12.4 Å². The van der Waals surface area contributed by atoms with Crippen molar-refractivity contribution < 1.29 is 8.42 Å². The Morgan fingerprint density at radius 1 is 1.44 bits per heavy atom. The van der Waals surface area contributed by atoms with Gasteiger partial charge in [-0.1, -0.05) is 0 Å². The molecule has 0 unspecified atom stereocenters. The van der Waals surface area contributed by atoms with Gasteiger partial charge in [-0.2, -0.15) is 0 Å². The molecular weight excluding hydrogens is 248 g/mol. The van der Waals surface area contributed by atoms with Crippen molar-refractivity contribution in [1.29, 1.82) is 0 Å². The van der Waals surface area contributed by atoms with E-state index in [2.05, 4.69) is 0 Å². The van der Waals surface area contributed by atoms with Gasteiger partial charge in [-0.05, 0) is 36.7 Å². The predicted molar refractivity (Wildman–Crippen MR) is 63.1 cm³/mol. The molecule has 0 aliphatic heterocycles. The number of primary sulfonamides is 1. The third-order valence-corrected chi connectivity index (χ3v) is 4.24. The summed E-state index contributed by atoms with van der Waals surface area (Å²) >= 11 is 1.07. The number of rotatable bonds is 2. The van der Waals surface area contributed by atoms with Gasteiger partial charge in [0.2, 0.25) is 10.0 Å². The van der Waals surface area contributed by atoms with Gasteiger partial charge in [-0.15, -0.1) is 0 Å². The van der Waals surface area contributed by atoms with Gasteiger partial charge in [-0.3, -0.25) is 8.75 Å². The van der Waals surface area contributed by atoms with E-state index in [1.165, 1.54) is 12.1 Å². The molecule has 0 atom stereocenters. The predicted octanol–water partition coefficient (Wildman–Crippen LogP) is 0.730. The summed E-state index contributed by atoms with van der Waals surface area (Å²) in [5.41, 5.74) is 0.741. The third-order valence-electron chi connectivity index (χ3n) is 2.27. The van der Waals surface area contributed by atoms with Crippen molar-refractivity contribution in [3.63, 3.8) is 0 Å². The van der Waals surface area contributed by atoms with Crippen molar-refractivity contribution in [3.05, 3.63) is 27.7 Å². The van der Waals surface area contributed by atoms with Crippen LogP contribution in [0.15, 0.2) is 27.9 Å². The van der Waals surface area contributed by atoms with E-state index in [0.717, 1.165) is 17.0 Å². The number of nitrogens with two attached hydrogens (primary N) is 1. The number of nitrogens with zero attached hydrogens (tertiary/aromatic N) is 1. The second kappa shape index (κ2) is 3.69. The number of hydrogen-bond acceptors (Lipinski definition) is 4. The fourth-order valence-electron chi connectivity index (χ4n) is 1.51. The van der Waals surface area contributed by atoms with Gasteiger partial charge in [0.25, 0.3) is 4.74 Å². The summed E-state index contributed by atoms with van der Waals surface area (Å²) in [6.45, 7) is 2.60. The molecule has 0 aliphatic carbocycles. The maximum Gasteiger partial charge on any atom is 0.257 e. The summed E-state index contributed by atoms with van der Waals surface area (Å²) in [5.74, 6) is 0. The fraction of sp³-hybridized carbons (Fsp3) is 0.222. The van der Waals surface area contributed by atoms with Crippen LogP contribution >= 0.6 is 11.5 Å². The Kier molecular flexibility index (Phi) is 2.61. The zero-order chi connectivity index (χ0) is 11.9. The standard InChI is InChI=1S/C9H10N2O3S2/c1-2-11-8-4-3-6(16(10,13)14)5-7(8)9(12)15-11/h3-5H,2H2,1H3,(H2,10,13,14). The molecule has 1 heterocycles. The quantitative estimate of drug-likeness (QED) is 0.862. The van der Waals surface area contributed by atoms with Crippen molar-refractivity contribution >= 4 is 32.5 Å². The van der Waals surface area contributed by atoms with Crippen LogP contribution in [0.2, 0.25) is 0 Å². The van der Waals surface area contributed by atoms with E-state index in [1.54, 1.807) is 6.07 Å². The number of aryl methyl sites for hydroxylation is 1. The van der Waals surface area contributed by atoms with Crippen LogP contribution in [0.4, 0.5) is 0 Å². The molecule has 0 bridgehead atoms. The number of hydrogen-bond donors (Lipinski definition) is 1. The molecule has 1 aromatic carbocycles. The maximum absolute atomic E-state index is 11.6. The number of benzene rings is 1. The Morgan fingerprint density at radius 3 is 2.69 bits per heavy atom. The Hall–Kier alpha value is -1.18. The second-order valence-corrected chi connectivity index (χ2v) is 5.85. The van der Waals surface area contributed by atoms with Gasteiger partial charge in [0.15, 0.2) is 0 Å². The smallest absolute Gasteiger partial charge is 0.257 e. The summed E-state index contributed by atoms with van der Waals surface area (Å²) in [6.07, 6.45) is 0. The molecule has 0 saturated heterocycles. The first-order valence-corrected chi connectivity index (χ1v) is 6.92. The lowest BCUT2D eigenvalue weighted by Crippen LogP contribution is -2.12. The highest BCUT2D eigenvalue weighted by Crippen LogP contribution is 2.18. The van der Waals surface area contributed by atoms with Crippen LogP contribution in [0.3, 0.4) is 0 Å². The first-order chi connectivity index (χ1) is 7.43. The SMILES string of the molecule is CCn1sc(=O)c2cc(S(N)(=O)=O)ccc21. The molecule has 0 spiro atoms. The second-order valence-electron chi connectivity index (χ2n) is 3.30. The molecule has 86 valence electrons. The lowest BCUT2D eigenvalue weighted by atomic mass is 10.2. The summed E-state index contributed by atoms with van der Waals surface area (Å²) in [6, 6.07) is 4.35. The lowest BCUT2D eigenvalue weighted by Gasteiger charge is -2.00. The van der Waals surface area contributed by atoms with E-state index < -0.39 is 10.0 Å². The fourth-order valence-corrected chi connectivity index (χ4v) is 2.89. The monoisotopic (exact) mass is 258 g/mol. The molecule has 2 rings (SSSR count). The van der Waals surface area contributed by atoms with E-state index in [1.807, 2.05) is 10.9 Å². The molecule has 7 heteroatoms. The van der Waals surface area contributed by atoms with Crippen LogP contribution < -0.4 is 9.88 Å². The van der Waals surface area contributed by atoms with Crippen LogP contribution in [0.25, 0.3) is 10.9 Å². The van der Waals surface area contributed by atoms with Gasteiger partial charge in [0.1, 0.15) is 0 Å². The third kappa shape index (κ3) is 1.77. The van der Waals surface area contributed by atoms with Crippen LogP contribution in [0.1, 0.15) is 6.92 Å². The minimum absolute atomic E-state index is 0.0295. The molecule has 2 aromatic rings. The van der Waals surface area contributed by atoms with Gasteiger partial charge in [0.05, 0.1) is 15.8 Å². The highest BCUT2D eigenvalue weighted by Gasteiger charge is 2.12. The molecule has 2 N–H and O–H groups in total. The van der Waals surface area contributed by atoms with Gasteiger partial charge in [-0.25, -0.2) is 13.6 Å². The first-order valence-electron chi connectivity index (χ1n) is 4.60. The zero-order valence-electron chi connectivity index (χ0n) is 8.50.